The third-order valence-corrected chi connectivity index (χ3v) is 5.26. The van der Waals surface area contributed by atoms with E-state index in [-0.39, 0.29) is 5.92 Å². The molecular weight excluding hydrogens is 322 g/mol. The van der Waals surface area contributed by atoms with Gasteiger partial charge in [-0.15, -0.1) is 13.2 Å². The monoisotopic (exact) mass is 361 g/mol. The Labute approximate surface area is 160 Å². The van der Waals surface area contributed by atoms with Gasteiger partial charge in [0.1, 0.15) is 5.78 Å². The average molecular weight is 362 g/mol. The number of nitrogens with zero attached hydrogens (tertiary/aromatic N) is 3. The first-order chi connectivity index (χ1) is 12.5. The van der Waals surface area contributed by atoms with Crippen molar-refractivity contribution in [1.29, 1.82) is 0 Å². The van der Waals surface area contributed by atoms with Crippen LogP contribution in [0, 0.1) is 5.92 Å². The summed E-state index contributed by atoms with van der Waals surface area (Å²) in [6.45, 7) is 18.0. The Hall–Kier alpha value is -1.42. The molecule has 0 aromatic carbocycles. The lowest BCUT2D eigenvalue weighted by Gasteiger charge is -2.32. The van der Waals surface area contributed by atoms with Crippen LogP contribution >= 0.6 is 0 Å². The summed E-state index contributed by atoms with van der Waals surface area (Å²) in [5.74, 6) is 1.17. The van der Waals surface area contributed by atoms with Crippen LogP contribution in [0.4, 0.5) is 0 Å². The summed E-state index contributed by atoms with van der Waals surface area (Å²) in [5, 5.41) is 4.57. The van der Waals surface area contributed by atoms with E-state index >= 15 is 0 Å². The van der Waals surface area contributed by atoms with Crippen molar-refractivity contribution in [2.24, 2.45) is 5.92 Å². The summed E-state index contributed by atoms with van der Waals surface area (Å²) >= 11 is 0. The number of rotatable bonds is 9. The summed E-state index contributed by atoms with van der Waals surface area (Å²) in [6, 6.07) is 0.567. The predicted octanol–water partition coefficient (Wildman–Crippen LogP) is 5.23. The number of carbonyl (C=O) groups excluding carboxylic acids is 1. The molecule has 4 nitrogen and oxygen atoms in total. The smallest absolute Gasteiger partial charge is 0.135 e. The van der Waals surface area contributed by atoms with Crippen molar-refractivity contribution in [2.75, 3.05) is 19.6 Å². The SMILES string of the molecule is C=C.CC(C)C(=O)CCCCCN1CCC(n2cc(C(C)C)cn2)CC1. The van der Waals surface area contributed by atoms with E-state index in [4.69, 9.17) is 0 Å². The lowest BCUT2D eigenvalue weighted by atomic mass is 10.0. The van der Waals surface area contributed by atoms with Gasteiger partial charge >= 0.3 is 0 Å². The van der Waals surface area contributed by atoms with Gasteiger partial charge in [-0.2, -0.15) is 5.10 Å². The van der Waals surface area contributed by atoms with Crippen LogP contribution in [0.3, 0.4) is 0 Å². The molecule has 0 saturated carbocycles. The first kappa shape index (κ1) is 22.6. The zero-order chi connectivity index (χ0) is 19.5. The maximum atomic E-state index is 11.6. The fourth-order valence-corrected chi connectivity index (χ4v) is 3.36. The van der Waals surface area contributed by atoms with Gasteiger partial charge in [-0.25, -0.2) is 0 Å². The van der Waals surface area contributed by atoms with Gasteiger partial charge in [0.2, 0.25) is 0 Å². The molecule has 0 aliphatic carbocycles. The van der Waals surface area contributed by atoms with Crippen molar-refractivity contribution in [2.45, 2.75) is 78.2 Å². The number of unbranched alkanes of at least 4 members (excludes halogenated alkanes) is 2. The third kappa shape index (κ3) is 7.45. The number of likely N-dealkylation sites (tertiary alicyclic amines) is 1. The molecular formula is C22H39N3O. The molecule has 148 valence electrons. The molecule has 26 heavy (non-hydrogen) atoms. The Morgan fingerprint density at radius 2 is 1.81 bits per heavy atom. The molecule has 0 unspecified atom stereocenters. The molecule has 2 rings (SSSR count). The summed E-state index contributed by atoms with van der Waals surface area (Å²) in [4.78, 5) is 14.2. The molecule has 0 spiro atoms. The largest absolute Gasteiger partial charge is 0.303 e. The fourth-order valence-electron chi connectivity index (χ4n) is 3.36. The second-order valence-electron chi connectivity index (χ2n) is 7.91. The highest BCUT2D eigenvalue weighted by atomic mass is 16.1. The molecule has 1 aliphatic heterocycles. The maximum Gasteiger partial charge on any atom is 0.135 e. The van der Waals surface area contributed by atoms with Gasteiger partial charge in [0.15, 0.2) is 0 Å². The van der Waals surface area contributed by atoms with E-state index in [9.17, 15) is 4.79 Å². The Balaban J connectivity index is 0.00000163. The predicted molar refractivity (Wildman–Crippen MR) is 111 cm³/mol. The average Bonchev–Trinajstić information content (AvgIpc) is 3.14. The fraction of sp³-hybridized carbons (Fsp3) is 0.727. The molecule has 4 heteroatoms. The van der Waals surface area contributed by atoms with Crippen molar-refractivity contribution in [3.05, 3.63) is 31.1 Å². The van der Waals surface area contributed by atoms with E-state index in [2.05, 4.69) is 47.9 Å². The van der Waals surface area contributed by atoms with Crippen LogP contribution in [0.2, 0.25) is 0 Å². The van der Waals surface area contributed by atoms with Gasteiger partial charge in [-0.3, -0.25) is 9.48 Å². The minimum Gasteiger partial charge on any atom is -0.303 e. The minimum atomic E-state index is 0.197. The molecule has 0 radical (unpaired) electrons. The Morgan fingerprint density at radius 1 is 1.15 bits per heavy atom. The number of hydrogen-bond acceptors (Lipinski definition) is 3. The van der Waals surface area contributed by atoms with Crippen LogP contribution < -0.4 is 0 Å². The summed E-state index contributed by atoms with van der Waals surface area (Å²) in [5.41, 5.74) is 1.34. The zero-order valence-corrected chi connectivity index (χ0v) is 17.4. The molecule has 2 heterocycles. The number of piperidine rings is 1. The van der Waals surface area contributed by atoms with E-state index in [0.29, 0.717) is 17.7 Å². The Kier molecular flexibility index (Phi) is 10.5. The summed E-state index contributed by atoms with van der Waals surface area (Å²) < 4.78 is 2.18. The molecule has 0 amide bonds. The number of carbonyl (C=O) groups is 1. The van der Waals surface area contributed by atoms with E-state index in [0.717, 1.165) is 12.8 Å². The van der Waals surface area contributed by atoms with Gasteiger partial charge in [-0.05, 0) is 43.7 Å². The summed E-state index contributed by atoms with van der Waals surface area (Å²) in [6.07, 6.45) is 10.9. The lowest BCUT2D eigenvalue weighted by Crippen LogP contribution is -2.35. The third-order valence-electron chi connectivity index (χ3n) is 5.26. The van der Waals surface area contributed by atoms with Crippen LogP contribution in [0.1, 0.15) is 83.7 Å². The van der Waals surface area contributed by atoms with Crippen molar-refractivity contribution < 1.29 is 4.79 Å². The van der Waals surface area contributed by atoms with E-state index in [1.54, 1.807) is 0 Å². The van der Waals surface area contributed by atoms with Gasteiger partial charge in [0, 0.05) is 31.6 Å². The number of Topliss-reactive ketones (excluding diaryl/α,β-unsaturated/α-hetero) is 1. The van der Waals surface area contributed by atoms with Crippen LogP contribution in [0.5, 0.6) is 0 Å². The van der Waals surface area contributed by atoms with Gasteiger partial charge < -0.3 is 4.90 Å². The quantitative estimate of drug-likeness (QED) is 0.446. The summed E-state index contributed by atoms with van der Waals surface area (Å²) in [7, 11) is 0. The molecule has 1 aliphatic rings. The second kappa shape index (κ2) is 12.1. The normalized spacial score (nSPS) is 15.9. The van der Waals surface area contributed by atoms with E-state index in [1.807, 2.05) is 20.0 Å². The lowest BCUT2D eigenvalue weighted by molar-refractivity contribution is -0.122. The Morgan fingerprint density at radius 3 is 2.35 bits per heavy atom. The first-order valence-electron chi connectivity index (χ1n) is 10.3. The number of hydrogen-bond donors (Lipinski definition) is 0. The Bertz CT molecular complexity index is 513. The van der Waals surface area contributed by atoms with Gasteiger partial charge in [0.05, 0.1) is 12.2 Å². The van der Waals surface area contributed by atoms with Gasteiger partial charge in [-0.1, -0.05) is 34.1 Å². The highest BCUT2D eigenvalue weighted by Crippen LogP contribution is 2.24. The van der Waals surface area contributed by atoms with E-state index in [1.165, 1.54) is 50.9 Å². The molecule has 1 aromatic heterocycles. The first-order valence-corrected chi connectivity index (χ1v) is 10.3. The molecule has 0 atom stereocenters. The molecule has 1 aromatic rings. The van der Waals surface area contributed by atoms with Crippen molar-refractivity contribution in [1.82, 2.24) is 14.7 Å². The molecule has 1 fully saturated rings. The van der Waals surface area contributed by atoms with Gasteiger partial charge in [0.25, 0.3) is 0 Å². The number of ketones is 1. The van der Waals surface area contributed by atoms with Crippen LogP contribution in [-0.2, 0) is 4.79 Å². The topological polar surface area (TPSA) is 38.1 Å². The highest BCUT2D eigenvalue weighted by molar-refractivity contribution is 5.80. The van der Waals surface area contributed by atoms with Crippen molar-refractivity contribution in [3.8, 4) is 0 Å². The zero-order valence-electron chi connectivity index (χ0n) is 17.4. The molecule has 1 saturated heterocycles. The molecule has 0 N–H and O–H groups in total. The highest BCUT2D eigenvalue weighted by Gasteiger charge is 2.21. The second-order valence-corrected chi connectivity index (χ2v) is 7.91. The van der Waals surface area contributed by atoms with Crippen LogP contribution in [-0.4, -0.2) is 40.1 Å². The van der Waals surface area contributed by atoms with Crippen molar-refractivity contribution in [3.63, 3.8) is 0 Å². The molecule has 0 bridgehead atoms. The number of aromatic nitrogens is 2. The maximum absolute atomic E-state index is 11.6. The van der Waals surface area contributed by atoms with Crippen LogP contribution in [0.25, 0.3) is 0 Å². The van der Waals surface area contributed by atoms with E-state index < -0.39 is 0 Å². The minimum absolute atomic E-state index is 0.197. The van der Waals surface area contributed by atoms with Crippen molar-refractivity contribution >= 4 is 5.78 Å². The van der Waals surface area contributed by atoms with Crippen LogP contribution in [0.15, 0.2) is 25.6 Å². The standard InChI is InChI=1S/C20H35N3O.C2H4/c1-16(2)18-14-21-23(15-18)19-9-12-22(13-10-19)11-7-5-6-8-20(24)17(3)4;1-2/h14-17,19H,5-13H2,1-4H3;1-2H2.